The SMILES string of the molecule is Cc1ccc(C(=O)CCC(=O)NCCCOCC2CCOC2)cc1. The Morgan fingerprint density at radius 1 is 1.25 bits per heavy atom. The number of rotatable bonds is 10. The van der Waals surface area contributed by atoms with E-state index in [0.717, 1.165) is 38.2 Å². The van der Waals surface area contributed by atoms with Crippen LogP contribution in [0.25, 0.3) is 0 Å². The lowest BCUT2D eigenvalue weighted by atomic mass is 10.1. The molecule has 5 heteroatoms. The molecule has 0 bridgehead atoms. The molecule has 1 N–H and O–H groups in total. The Labute approximate surface area is 143 Å². The molecule has 1 atom stereocenters. The number of ether oxygens (including phenoxy) is 2. The molecule has 1 heterocycles. The highest BCUT2D eigenvalue weighted by Gasteiger charge is 2.15. The summed E-state index contributed by atoms with van der Waals surface area (Å²) in [5.41, 5.74) is 1.78. The molecular formula is C19H27NO4. The second-order valence-electron chi connectivity index (χ2n) is 6.30. The number of aryl methyl sites for hydroxylation is 1. The maximum atomic E-state index is 12.0. The van der Waals surface area contributed by atoms with Crippen LogP contribution in [0.3, 0.4) is 0 Å². The molecule has 1 aliphatic heterocycles. The van der Waals surface area contributed by atoms with Crippen molar-refractivity contribution in [1.29, 1.82) is 0 Å². The molecule has 1 saturated heterocycles. The molecule has 1 amide bonds. The minimum atomic E-state index is -0.0837. The highest BCUT2D eigenvalue weighted by Crippen LogP contribution is 2.12. The minimum Gasteiger partial charge on any atom is -0.381 e. The van der Waals surface area contributed by atoms with Crippen LogP contribution in [0.2, 0.25) is 0 Å². The van der Waals surface area contributed by atoms with Crippen molar-refractivity contribution in [2.24, 2.45) is 5.92 Å². The fraction of sp³-hybridized carbons (Fsp3) is 0.579. The van der Waals surface area contributed by atoms with E-state index in [4.69, 9.17) is 9.47 Å². The van der Waals surface area contributed by atoms with Crippen LogP contribution in [-0.2, 0) is 14.3 Å². The van der Waals surface area contributed by atoms with Gasteiger partial charge in [0.2, 0.25) is 5.91 Å². The summed E-state index contributed by atoms with van der Waals surface area (Å²) in [5.74, 6) is 0.444. The molecule has 0 spiro atoms. The van der Waals surface area contributed by atoms with Crippen LogP contribution < -0.4 is 5.32 Å². The van der Waals surface area contributed by atoms with Crippen LogP contribution >= 0.6 is 0 Å². The lowest BCUT2D eigenvalue weighted by molar-refractivity contribution is -0.121. The van der Waals surface area contributed by atoms with E-state index in [9.17, 15) is 9.59 Å². The third kappa shape index (κ3) is 6.81. The van der Waals surface area contributed by atoms with E-state index < -0.39 is 0 Å². The molecular weight excluding hydrogens is 306 g/mol. The van der Waals surface area contributed by atoms with Crippen LogP contribution in [0.4, 0.5) is 0 Å². The number of carbonyl (C=O) groups excluding carboxylic acids is 2. The van der Waals surface area contributed by atoms with Gasteiger partial charge in [-0.1, -0.05) is 29.8 Å². The first kappa shape index (κ1) is 18.6. The molecule has 24 heavy (non-hydrogen) atoms. The predicted molar refractivity (Wildman–Crippen MR) is 92.1 cm³/mol. The number of hydrogen-bond acceptors (Lipinski definition) is 4. The highest BCUT2D eigenvalue weighted by molar-refractivity contribution is 5.97. The van der Waals surface area contributed by atoms with Gasteiger partial charge in [0.25, 0.3) is 0 Å². The van der Waals surface area contributed by atoms with Gasteiger partial charge >= 0.3 is 0 Å². The first-order valence-corrected chi connectivity index (χ1v) is 8.67. The second-order valence-corrected chi connectivity index (χ2v) is 6.30. The lowest BCUT2D eigenvalue weighted by Crippen LogP contribution is -2.25. The third-order valence-electron chi connectivity index (χ3n) is 4.12. The van der Waals surface area contributed by atoms with Crippen molar-refractivity contribution in [1.82, 2.24) is 5.32 Å². The van der Waals surface area contributed by atoms with E-state index in [-0.39, 0.29) is 24.5 Å². The number of ketones is 1. The average molecular weight is 333 g/mol. The Kier molecular flexibility index (Phi) is 7.92. The summed E-state index contributed by atoms with van der Waals surface area (Å²) in [6.45, 7) is 5.57. The van der Waals surface area contributed by atoms with Crippen LogP contribution in [-0.4, -0.2) is 44.7 Å². The van der Waals surface area contributed by atoms with E-state index in [0.29, 0.717) is 24.6 Å². The van der Waals surface area contributed by atoms with Gasteiger partial charge in [0.1, 0.15) is 0 Å². The van der Waals surface area contributed by atoms with E-state index in [1.807, 2.05) is 31.2 Å². The summed E-state index contributed by atoms with van der Waals surface area (Å²) in [6.07, 6.45) is 2.33. The van der Waals surface area contributed by atoms with Crippen molar-refractivity contribution in [2.75, 3.05) is 33.0 Å². The Morgan fingerprint density at radius 3 is 2.75 bits per heavy atom. The molecule has 1 unspecified atom stereocenters. The number of amides is 1. The van der Waals surface area contributed by atoms with Gasteiger partial charge in [-0.05, 0) is 19.8 Å². The molecule has 1 aromatic rings. The maximum absolute atomic E-state index is 12.0. The molecule has 0 radical (unpaired) electrons. The van der Waals surface area contributed by atoms with Gasteiger partial charge in [-0.25, -0.2) is 0 Å². The van der Waals surface area contributed by atoms with E-state index in [2.05, 4.69) is 5.32 Å². The van der Waals surface area contributed by atoms with E-state index >= 15 is 0 Å². The molecule has 0 aromatic heterocycles. The van der Waals surface area contributed by atoms with Gasteiger partial charge in [0.05, 0.1) is 13.2 Å². The molecule has 0 aliphatic carbocycles. The van der Waals surface area contributed by atoms with Crippen molar-refractivity contribution < 1.29 is 19.1 Å². The lowest BCUT2D eigenvalue weighted by Gasteiger charge is -2.09. The fourth-order valence-corrected chi connectivity index (χ4v) is 2.57. The third-order valence-corrected chi connectivity index (χ3v) is 4.12. The van der Waals surface area contributed by atoms with Gasteiger partial charge in [-0.2, -0.15) is 0 Å². The molecule has 1 fully saturated rings. The van der Waals surface area contributed by atoms with Crippen molar-refractivity contribution in [3.8, 4) is 0 Å². The zero-order chi connectivity index (χ0) is 17.2. The largest absolute Gasteiger partial charge is 0.381 e. The van der Waals surface area contributed by atoms with Crippen LogP contribution in [0.5, 0.6) is 0 Å². The molecule has 2 rings (SSSR count). The summed E-state index contributed by atoms with van der Waals surface area (Å²) in [5, 5.41) is 2.83. The van der Waals surface area contributed by atoms with Gasteiger partial charge in [0.15, 0.2) is 5.78 Å². The smallest absolute Gasteiger partial charge is 0.220 e. The first-order valence-electron chi connectivity index (χ1n) is 8.67. The zero-order valence-electron chi connectivity index (χ0n) is 14.4. The quantitative estimate of drug-likeness (QED) is 0.528. The van der Waals surface area contributed by atoms with Crippen LogP contribution in [0.15, 0.2) is 24.3 Å². The first-order chi connectivity index (χ1) is 11.6. The number of carbonyl (C=O) groups is 2. The maximum Gasteiger partial charge on any atom is 0.220 e. The van der Waals surface area contributed by atoms with Gasteiger partial charge in [-0.3, -0.25) is 9.59 Å². The average Bonchev–Trinajstić information content (AvgIpc) is 3.10. The zero-order valence-corrected chi connectivity index (χ0v) is 14.4. The number of hydrogen-bond donors (Lipinski definition) is 1. The van der Waals surface area contributed by atoms with E-state index in [1.54, 1.807) is 0 Å². The summed E-state index contributed by atoms with van der Waals surface area (Å²) in [6, 6.07) is 7.43. The highest BCUT2D eigenvalue weighted by atomic mass is 16.5. The molecule has 132 valence electrons. The summed E-state index contributed by atoms with van der Waals surface area (Å²) >= 11 is 0. The van der Waals surface area contributed by atoms with Crippen molar-refractivity contribution in [3.63, 3.8) is 0 Å². The Bertz CT molecular complexity index is 521. The topological polar surface area (TPSA) is 64.6 Å². The summed E-state index contributed by atoms with van der Waals surface area (Å²) in [4.78, 5) is 23.7. The Morgan fingerprint density at radius 2 is 2.04 bits per heavy atom. The van der Waals surface area contributed by atoms with Crippen LogP contribution in [0.1, 0.15) is 41.6 Å². The van der Waals surface area contributed by atoms with Gasteiger partial charge < -0.3 is 14.8 Å². The number of Topliss-reactive ketones (excluding diaryl/α,β-unsaturated/α-hetero) is 1. The van der Waals surface area contributed by atoms with Crippen LogP contribution in [0, 0.1) is 12.8 Å². The van der Waals surface area contributed by atoms with Crippen molar-refractivity contribution in [3.05, 3.63) is 35.4 Å². The minimum absolute atomic E-state index is 0.00673. The summed E-state index contributed by atoms with van der Waals surface area (Å²) < 4.78 is 10.9. The Hall–Kier alpha value is -1.72. The van der Waals surface area contributed by atoms with Crippen molar-refractivity contribution >= 4 is 11.7 Å². The van der Waals surface area contributed by atoms with Gasteiger partial charge in [0, 0.05) is 44.1 Å². The monoisotopic (exact) mass is 333 g/mol. The molecule has 5 nitrogen and oxygen atoms in total. The molecule has 1 aliphatic rings. The van der Waals surface area contributed by atoms with E-state index in [1.165, 1.54) is 0 Å². The molecule has 0 saturated carbocycles. The fourth-order valence-electron chi connectivity index (χ4n) is 2.57. The number of nitrogens with one attached hydrogen (secondary N) is 1. The second kappa shape index (κ2) is 10.2. The standard InChI is InChI=1S/C19H27NO4/c1-15-3-5-17(6-4-15)18(21)7-8-19(22)20-10-2-11-23-13-16-9-12-24-14-16/h3-6,16H,2,7-14H2,1H3,(H,20,22). The summed E-state index contributed by atoms with van der Waals surface area (Å²) in [7, 11) is 0. The van der Waals surface area contributed by atoms with Crippen molar-refractivity contribution in [2.45, 2.75) is 32.6 Å². The Balaban J connectivity index is 1.50. The normalized spacial score (nSPS) is 17.0. The predicted octanol–water partition coefficient (Wildman–Crippen LogP) is 2.52. The van der Waals surface area contributed by atoms with Gasteiger partial charge in [-0.15, -0.1) is 0 Å². The number of benzene rings is 1. The molecule has 1 aromatic carbocycles.